The maximum atomic E-state index is 13.6. The summed E-state index contributed by atoms with van der Waals surface area (Å²) < 4.78 is 14.3. The molecule has 1 aromatic rings. The number of aromatic nitrogens is 1. The van der Waals surface area contributed by atoms with Gasteiger partial charge >= 0.3 is 0 Å². The largest absolute Gasteiger partial charge is 0.361 e. The summed E-state index contributed by atoms with van der Waals surface area (Å²) in [5, 5.41) is 3.16. The lowest BCUT2D eigenvalue weighted by molar-refractivity contribution is 0.526. The fourth-order valence-corrected chi connectivity index (χ4v) is 2.74. The van der Waals surface area contributed by atoms with Crippen LogP contribution in [0.2, 0.25) is 0 Å². The van der Waals surface area contributed by atoms with Gasteiger partial charge in [0.15, 0.2) is 11.6 Å². The van der Waals surface area contributed by atoms with Crippen LogP contribution in [-0.4, -0.2) is 16.4 Å². The van der Waals surface area contributed by atoms with Crippen molar-refractivity contribution < 1.29 is 4.39 Å². The predicted molar refractivity (Wildman–Crippen MR) is 67.4 cm³/mol. The van der Waals surface area contributed by atoms with Gasteiger partial charge in [-0.15, -0.1) is 11.6 Å². The van der Waals surface area contributed by atoms with Crippen LogP contribution < -0.4 is 5.32 Å². The molecule has 0 bridgehead atoms. The number of nitrogens with zero attached hydrogens (tertiary/aromatic N) is 1. The molecule has 5 heteroatoms. The average Bonchev–Trinajstić information content (AvgIpc) is 2.72. The van der Waals surface area contributed by atoms with Crippen LogP contribution in [0, 0.1) is 5.82 Å². The van der Waals surface area contributed by atoms with Crippen LogP contribution in [0.25, 0.3) is 0 Å². The second kappa shape index (κ2) is 4.88. The van der Waals surface area contributed by atoms with Crippen LogP contribution in [0.1, 0.15) is 25.7 Å². The molecule has 0 saturated heterocycles. The van der Waals surface area contributed by atoms with E-state index in [1.807, 2.05) is 0 Å². The molecular formula is C11H13BrClFN2. The highest BCUT2D eigenvalue weighted by Crippen LogP contribution is 2.34. The minimum Gasteiger partial charge on any atom is -0.361 e. The maximum Gasteiger partial charge on any atom is 0.166 e. The van der Waals surface area contributed by atoms with E-state index in [9.17, 15) is 4.39 Å². The SMILES string of the molecule is Fc1cc(Br)cnc1NC1(CCl)CCCC1. The van der Waals surface area contributed by atoms with Crippen molar-refractivity contribution in [2.45, 2.75) is 31.2 Å². The minimum atomic E-state index is -0.342. The number of pyridine rings is 1. The van der Waals surface area contributed by atoms with Crippen LogP contribution in [0.5, 0.6) is 0 Å². The van der Waals surface area contributed by atoms with Crippen molar-refractivity contribution in [2.24, 2.45) is 0 Å². The van der Waals surface area contributed by atoms with Crippen LogP contribution in [0.3, 0.4) is 0 Å². The Bertz CT molecular complexity index is 380. The molecule has 1 aromatic heterocycles. The van der Waals surface area contributed by atoms with Gasteiger partial charge in [-0.3, -0.25) is 0 Å². The molecule has 1 fully saturated rings. The molecule has 0 atom stereocenters. The third kappa shape index (κ3) is 2.48. The normalized spacial score (nSPS) is 18.7. The fraction of sp³-hybridized carbons (Fsp3) is 0.545. The van der Waals surface area contributed by atoms with Gasteiger partial charge in [0.25, 0.3) is 0 Å². The molecule has 1 saturated carbocycles. The van der Waals surface area contributed by atoms with Gasteiger partial charge in [-0.25, -0.2) is 9.37 Å². The van der Waals surface area contributed by atoms with Gasteiger partial charge in [0.1, 0.15) is 0 Å². The molecule has 0 spiro atoms. The molecular weight excluding hydrogens is 294 g/mol. The Morgan fingerprint density at radius 1 is 1.50 bits per heavy atom. The first-order chi connectivity index (χ1) is 7.65. The zero-order valence-electron chi connectivity index (χ0n) is 8.77. The van der Waals surface area contributed by atoms with E-state index >= 15 is 0 Å². The average molecular weight is 308 g/mol. The van der Waals surface area contributed by atoms with Gasteiger partial charge in [0, 0.05) is 16.5 Å². The fourth-order valence-electron chi connectivity index (χ4n) is 2.10. The molecule has 0 amide bonds. The molecule has 1 N–H and O–H groups in total. The Kier molecular flexibility index (Phi) is 3.70. The lowest BCUT2D eigenvalue weighted by atomic mass is 10.0. The topological polar surface area (TPSA) is 24.9 Å². The number of halogens is 3. The second-order valence-corrected chi connectivity index (χ2v) is 5.41. The summed E-state index contributed by atoms with van der Waals surface area (Å²) in [6.45, 7) is 0. The number of hydrogen-bond acceptors (Lipinski definition) is 2. The van der Waals surface area contributed by atoms with Gasteiger partial charge in [-0.05, 0) is 34.8 Å². The molecule has 88 valence electrons. The standard InChI is InChI=1S/C11H13BrClFN2/c12-8-5-9(14)10(15-6-8)16-11(7-13)3-1-2-4-11/h5-6H,1-4,7H2,(H,15,16). The van der Waals surface area contributed by atoms with Crippen molar-refractivity contribution in [3.63, 3.8) is 0 Å². The number of rotatable bonds is 3. The Morgan fingerprint density at radius 2 is 2.19 bits per heavy atom. The van der Waals surface area contributed by atoms with E-state index in [0.717, 1.165) is 25.7 Å². The summed E-state index contributed by atoms with van der Waals surface area (Å²) in [6.07, 6.45) is 5.82. The number of alkyl halides is 1. The lowest BCUT2D eigenvalue weighted by Gasteiger charge is -2.28. The summed E-state index contributed by atoms with van der Waals surface area (Å²) in [6, 6.07) is 1.41. The lowest BCUT2D eigenvalue weighted by Crippen LogP contribution is -2.37. The monoisotopic (exact) mass is 306 g/mol. The van der Waals surface area contributed by atoms with Crippen LogP contribution in [0.15, 0.2) is 16.7 Å². The van der Waals surface area contributed by atoms with E-state index in [1.54, 1.807) is 6.20 Å². The van der Waals surface area contributed by atoms with E-state index in [4.69, 9.17) is 11.6 Å². The van der Waals surface area contributed by atoms with Gasteiger partial charge in [0.05, 0.1) is 5.54 Å². The van der Waals surface area contributed by atoms with Crippen molar-refractivity contribution in [3.8, 4) is 0 Å². The van der Waals surface area contributed by atoms with Crippen LogP contribution in [0.4, 0.5) is 10.2 Å². The summed E-state index contributed by atoms with van der Waals surface area (Å²) >= 11 is 9.16. The molecule has 2 nitrogen and oxygen atoms in total. The quantitative estimate of drug-likeness (QED) is 0.855. The third-order valence-electron chi connectivity index (χ3n) is 3.01. The van der Waals surface area contributed by atoms with E-state index in [-0.39, 0.29) is 11.4 Å². The van der Waals surface area contributed by atoms with Crippen molar-refractivity contribution in [2.75, 3.05) is 11.2 Å². The Hall–Kier alpha value is -0.350. The molecule has 1 heterocycles. The molecule has 1 aliphatic carbocycles. The van der Waals surface area contributed by atoms with Gasteiger partial charge in [-0.2, -0.15) is 0 Å². The third-order valence-corrected chi connectivity index (χ3v) is 3.95. The summed E-state index contributed by atoms with van der Waals surface area (Å²) in [5.74, 6) is 0.445. The molecule has 1 aliphatic rings. The summed E-state index contributed by atoms with van der Waals surface area (Å²) in [7, 11) is 0. The molecule has 0 aromatic carbocycles. The van der Waals surface area contributed by atoms with Gasteiger partial charge in [0.2, 0.25) is 0 Å². The van der Waals surface area contributed by atoms with Gasteiger partial charge in [-0.1, -0.05) is 12.8 Å². The van der Waals surface area contributed by atoms with E-state index < -0.39 is 0 Å². The Labute approximate surface area is 108 Å². The second-order valence-electron chi connectivity index (χ2n) is 4.23. The van der Waals surface area contributed by atoms with Gasteiger partial charge < -0.3 is 5.32 Å². The predicted octanol–water partition coefficient (Wildman–Crippen LogP) is 3.95. The smallest absolute Gasteiger partial charge is 0.166 e. The molecule has 0 unspecified atom stereocenters. The van der Waals surface area contributed by atoms with Crippen LogP contribution >= 0.6 is 27.5 Å². The van der Waals surface area contributed by atoms with Crippen molar-refractivity contribution in [3.05, 3.63) is 22.6 Å². The first-order valence-electron chi connectivity index (χ1n) is 5.30. The minimum absolute atomic E-state index is 0.177. The molecule has 0 aliphatic heterocycles. The highest BCUT2D eigenvalue weighted by Gasteiger charge is 2.33. The maximum absolute atomic E-state index is 13.6. The zero-order valence-corrected chi connectivity index (χ0v) is 11.1. The van der Waals surface area contributed by atoms with E-state index in [1.165, 1.54) is 6.07 Å². The van der Waals surface area contributed by atoms with Crippen molar-refractivity contribution in [1.29, 1.82) is 0 Å². The highest BCUT2D eigenvalue weighted by atomic mass is 79.9. The summed E-state index contributed by atoms with van der Waals surface area (Å²) in [4.78, 5) is 4.04. The zero-order chi connectivity index (χ0) is 11.6. The molecule has 2 rings (SSSR count). The van der Waals surface area contributed by atoms with Crippen molar-refractivity contribution in [1.82, 2.24) is 4.98 Å². The van der Waals surface area contributed by atoms with Crippen LogP contribution in [-0.2, 0) is 0 Å². The first kappa shape index (κ1) is 12.1. The number of anilines is 1. The first-order valence-corrected chi connectivity index (χ1v) is 6.63. The molecule has 0 radical (unpaired) electrons. The van der Waals surface area contributed by atoms with E-state index in [0.29, 0.717) is 16.2 Å². The van der Waals surface area contributed by atoms with E-state index in [2.05, 4.69) is 26.2 Å². The Morgan fingerprint density at radius 3 is 2.75 bits per heavy atom. The van der Waals surface area contributed by atoms with Crippen molar-refractivity contribution >= 4 is 33.3 Å². The Balaban J connectivity index is 2.19. The molecule has 16 heavy (non-hydrogen) atoms. The number of hydrogen-bond donors (Lipinski definition) is 1. The summed E-state index contributed by atoms with van der Waals surface area (Å²) in [5.41, 5.74) is -0.177. The number of nitrogens with one attached hydrogen (secondary N) is 1. The highest BCUT2D eigenvalue weighted by molar-refractivity contribution is 9.10.